The number of carbonyl (C=O) groups excluding carboxylic acids is 1. The van der Waals surface area contributed by atoms with Crippen LogP contribution in [0.4, 0.5) is 11.6 Å². The minimum Gasteiger partial charge on any atom is -0.291 e. The molecule has 0 aliphatic rings. The maximum Gasteiger partial charge on any atom is 0.261 e. The molecule has 0 aliphatic heterocycles. The molecule has 1 aromatic heterocycles. The van der Waals surface area contributed by atoms with Crippen LogP contribution in [0.3, 0.4) is 0 Å². The highest BCUT2D eigenvalue weighted by atomic mass is 35.5. The van der Waals surface area contributed by atoms with Crippen LogP contribution in [0.25, 0.3) is 0 Å². The SMILES string of the molecule is Cc1cccc(NS(=O)(=O)c2ccc(Cl)c(C(=O)Nc3ncn[nH]3)c2)c1. The second-order valence-electron chi connectivity index (χ2n) is 5.40. The highest BCUT2D eigenvalue weighted by molar-refractivity contribution is 7.92. The molecule has 0 atom stereocenters. The van der Waals surface area contributed by atoms with E-state index in [0.29, 0.717) is 5.69 Å². The van der Waals surface area contributed by atoms with Gasteiger partial charge in [-0.1, -0.05) is 23.7 Å². The third kappa shape index (κ3) is 4.01. The lowest BCUT2D eigenvalue weighted by atomic mass is 10.2. The maximum atomic E-state index is 12.6. The summed E-state index contributed by atoms with van der Waals surface area (Å²) < 4.78 is 27.7. The van der Waals surface area contributed by atoms with Crippen molar-refractivity contribution in [1.29, 1.82) is 0 Å². The number of aromatic amines is 1. The first-order chi connectivity index (χ1) is 12.3. The first kappa shape index (κ1) is 17.9. The molecule has 10 heteroatoms. The van der Waals surface area contributed by atoms with Gasteiger partial charge in [0.05, 0.1) is 15.5 Å². The fraction of sp³-hybridized carbons (Fsp3) is 0.0625. The van der Waals surface area contributed by atoms with Gasteiger partial charge in [0.2, 0.25) is 5.95 Å². The molecule has 0 radical (unpaired) electrons. The minimum absolute atomic E-state index is 0.00446. The summed E-state index contributed by atoms with van der Waals surface area (Å²) in [5.41, 5.74) is 1.33. The molecule has 0 unspecified atom stereocenters. The number of rotatable bonds is 5. The molecular formula is C16H14ClN5O3S. The van der Waals surface area contributed by atoms with Crippen LogP contribution in [0.2, 0.25) is 5.02 Å². The normalized spacial score (nSPS) is 11.2. The van der Waals surface area contributed by atoms with Gasteiger partial charge in [0.1, 0.15) is 6.33 Å². The number of H-pyrrole nitrogens is 1. The molecule has 1 amide bonds. The zero-order chi connectivity index (χ0) is 18.7. The lowest BCUT2D eigenvalue weighted by Crippen LogP contribution is -2.17. The smallest absolute Gasteiger partial charge is 0.261 e. The number of hydrogen-bond donors (Lipinski definition) is 3. The maximum absolute atomic E-state index is 12.6. The van der Waals surface area contributed by atoms with Gasteiger partial charge in [-0.2, -0.15) is 10.1 Å². The standard InChI is InChI=1S/C16H14ClN5O3S/c1-10-3-2-4-11(7-10)22-26(24,25)12-5-6-14(17)13(8-12)15(23)20-16-18-9-19-21-16/h2-9,22H,1H3,(H2,18,19,20,21,23). The van der Waals surface area contributed by atoms with E-state index in [1.54, 1.807) is 18.2 Å². The number of aromatic nitrogens is 3. The molecule has 1 heterocycles. The summed E-state index contributed by atoms with van der Waals surface area (Å²) in [6.45, 7) is 1.85. The van der Waals surface area contributed by atoms with Crippen LogP contribution in [0.1, 0.15) is 15.9 Å². The lowest BCUT2D eigenvalue weighted by molar-refractivity contribution is 0.102. The van der Waals surface area contributed by atoms with Gasteiger partial charge in [-0.3, -0.25) is 14.8 Å². The third-order valence-electron chi connectivity index (χ3n) is 3.41. The van der Waals surface area contributed by atoms with E-state index in [9.17, 15) is 13.2 Å². The van der Waals surface area contributed by atoms with E-state index in [1.165, 1.54) is 24.5 Å². The molecule has 8 nitrogen and oxygen atoms in total. The van der Waals surface area contributed by atoms with Crippen molar-refractivity contribution in [1.82, 2.24) is 15.2 Å². The van der Waals surface area contributed by atoms with Crippen LogP contribution in [0.5, 0.6) is 0 Å². The Morgan fingerprint density at radius 1 is 1.19 bits per heavy atom. The van der Waals surface area contributed by atoms with Gasteiger partial charge in [0.15, 0.2) is 0 Å². The molecule has 0 aliphatic carbocycles. The van der Waals surface area contributed by atoms with Crippen LogP contribution in [0, 0.1) is 6.92 Å². The second kappa shape index (κ2) is 7.14. The molecular weight excluding hydrogens is 378 g/mol. The first-order valence-corrected chi connectivity index (χ1v) is 9.27. The molecule has 0 spiro atoms. The number of carbonyl (C=O) groups is 1. The average molecular weight is 392 g/mol. The van der Waals surface area contributed by atoms with E-state index in [1.807, 2.05) is 13.0 Å². The van der Waals surface area contributed by atoms with E-state index < -0.39 is 15.9 Å². The molecule has 0 bridgehead atoms. The van der Waals surface area contributed by atoms with Crippen molar-refractivity contribution >= 4 is 39.2 Å². The van der Waals surface area contributed by atoms with E-state index in [-0.39, 0.29) is 21.4 Å². The van der Waals surface area contributed by atoms with Gasteiger partial charge < -0.3 is 0 Å². The Morgan fingerprint density at radius 3 is 2.69 bits per heavy atom. The molecule has 3 rings (SSSR count). The van der Waals surface area contributed by atoms with Crippen molar-refractivity contribution in [3.63, 3.8) is 0 Å². The summed E-state index contributed by atoms with van der Waals surface area (Å²) in [6, 6.07) is 10.8. The van der Waals surface area contributed by atoms with E-state index in [0.717, 1.165) is 5.56 Å². The van der Waals surface area contributed by atoms with Gasteiger partial charge in [0, 0.05) is 5.69 Å². The molecule has 0 saturated heterocycles. The van der Waals surface area contributed by atoms with Crippen molar-refractivity contribution in [3.8, 4) is 0 Å². The van der Waals surface area contributed by atoms with Crippen molar-refractivity contribution in [3.05, 3.63) is 64.9 Å². The summed E-state index contributed by atoms with van der Waals surface area (Å²) >= 11 is 6.04. The fourth-order valence-electron chi connectivity index (χ4n) is 2.21. The van der Waals surface area contributed by atoms with Crippen LogP contribution >= 0.6 is 11.6 Å². The number of hydrogen-bond acceptors (Lipinski definition) is 5. The third-order valence-corrected chi connectivity index (χ3v) is 5.12. The minimum atomic E-state index is -3.89. The average Bonchev–Trinajstić information content (AvgIpc) is 3.07. The number of amides is 1. The Morgan fingerprint density at radius 2 is 2.00 bits per heavy atom. The second-order valence-corrected chi connectivity index (χ2v) is 7.49. The van der Waals surface area contributed by atoms with Crippen molar-refractivity contribution in [2.45, 2.75) is 11.8 Å². The summed E-state index contributed by atoms with van der Waals surface area (Å²) in [7, 11) is -3.89. The van der Waals surface area contributed by atoms with E-state index >= 15 is 0 Å². The molecule has 0 fully saturated rings. The van der Waals surface area contributed by atoms with Gasteiger partial charge in [0.25, 0.3) is 15.9 Å². The summed E-state index contributed by atoms with van der Waals surface area (Å²) in [5, 5.41) is 8.64. The zero-order valence-corrected chi connectivity index (χ0v) is 15.1. The number of benzene rings is 2. The van der Waals surface area contributed by atoms with Gasteiger partial charge in [-0.05, 0) is 42.8 Å². The molecule has 26 heavy (non-hydrogen) atoms. The van der Waals surface area contributed by atoms with Gasteiger partial charge in [-0.15, -0.1) is 0 Å². The Balaban J connectivity index is 1.89. The largest absolute Gasteiger partial charge is 0.291 e. The van der Waals surface area contributed by atoms with Crippen molar-refractivity contribution in [2.24, 2.45) is 0 Å². The van der Waals surface area contributed by atoms with E-state index in [2.05, 4.69) is 25.2 Å². The molecule has 0 saturated carbocycles. The quantitative estimate of drug-likeness (QED) is 0.618. The van der Waals surface area contributed by atoms with Crippen LogP contribution in [0.15, 0.2) is 53.7 Å². The number of halogens is 1. The number of sulfonamides is 1. The van der Waals surface area contributed by atoms with Crippen LogP contribution in [-0.4, -0.2) is 29.5 Å². The number of nitrogens with one attached hydrogen (secondary N) is 3. The summed E-state index contributed by atoms with van der Waals surface area (Å²) in [6.07, 6.45) is 1.23. The van der Waals surface area contributed by atoms with Crippen molar-refractivity contribution < 1.29 is 13.2 Å². The van der Waals surface area contributed by atoms with Crippen LogP contribution in [-0.2, 0) is 10.0 Å². The fourth-order valence-corrected chi connectivity index (χ4v) is 3.49. The lowest BCUT2D eigenvalue weighted by Gasteiger charge is -2.11. The first-order valence-electron chi connectivity index (χ1n) is 7.41. The van der Waals surface area contributed by atoms with Crippen molar-refractivity contribution in [2.75, 3.05) is 10.0 Å². The highest BCUT2D eigenvalue weighted by Crippen LogP contribution is 2.23. The molecule has 3 aromatic rings. The summed E-state index contributed by atoms with van der Waals surface area (Å²) in [4.78, 5) is 16.0. The highest BCUT2D eigenvalue weighted by Gasteiger charge is 2.19. The Kier molecular flexibility index (Phi) is 4.92. The van der Waals surface area contributed by atoms with E-state index in [4.69, 9.17) is 11.6 Å². The number of anilines is 2. The monoisotopic (exact) mass is 391 g/mol. The number of aryl methyl sites for hydroxylation is 1. The molecule has 134 valence electrons. The predicted molar refractivity (Wildman–Crippen MR) is 97.8 cm³/mol. The Bertz CT molecular complexity index is 1050. The van der Waals surface area contributed by atoms with Gasteiger partial charge in [-0.25, -0.2) is 13.5 Å². The van der Waals surface area contributed by atoms with Crippen LogP contribution < -0.4 is 10.0 Å². The zero-order valence-electron chi connectivity index (χ0n) is 13.5. The van der Waals surface area contributed by atoms with Gasteiger partial charge >= 0.3 is 0 Å². The predicted octanol–water partition coefficient (Wildman–Crippen LogP) is 2.82. The topological polar surface area (TPSA) is 117 Å². The Labute approximate surface area is 154 Å². The Hall–Kier alpha value is -2.91. The summed E-state index contributed by atoms with van der Waals surface area (Å²) in [5.74, 6) is -0.489. The molecule has 2 aromatic carbocycles. The molecule has 3 N–H and O–H groups in total. The number of nitrogens with zero attached hydrogens (tertiary/aromatic N) is 2.